The van der Waals surface area contributed by atoms with Gasteiger partial charge in [0.25, 0.3) is 0 Å². The van der Waals surface area contributed by atoms with E-state index in [9.17, 15) is 9.90 Å². The van der Waals surface area contributed by atoms with Gasteiger partial charge in [0.15, 0.2) is 0 Å². The Morgan fingerprint density at radius 2 is 1.98 bits per heavy atom. The number of carbonyl (C=O) groups excluding carboxylic acids is 1. The van der Waals surface area contributed by atoms with E-state index >= 15 is 0 Å². The minimum absolute atomic E-state index is 0.379. The van der Waals surface area contributed by atoms with Crippen LogP contribution in [0.3, 0.4) is 0 Å². The number of benzene rings is 1. The van der Waals surface area contributed by atoms with Gasteiger partial charge in [0.1, 0.15) is 22.2 Å². The molecule has 0 aliphatic heterocycles. The lowest BCUT2D eigenvalue weighted by Gasteiger charge is -2.33. The number of esters is 1. The molecule has 1 unspecified atom stereocenters. The van der Waals surface area contributed by atoms with E-state index in [1.165, 1.54) is 42.4 Å². The Kier molecular flexibility index (Phi) is 7.45. The first-order valence-corrected chi connectivity index (χ1v) is 15.0. The first-order chi connectivity index (χ1) is 19.8. The van der Waals surface area contributed by atoms with E-state index in [1.54, 1.807) is 12.3 Å². The van der Waals surface area contributed by atoms with Crippen LogP contribution in [0.15, 0.2) is 60.9 Å². The predicted octanol–water partition coefficient (Wildman–Crippen LogP) is 7.21. The number of rotatable bonds is 6. The number of nitrogens with one attached hydrogen (secondary N) is 1. The molecule has 0 bridgehead atoms. The van der Waals surface area contributed by atoms with Gasteiger partial charge in [-0.25, -0.2) is 19.7 Å². The maximum atomic E-state index is 12.0. The molecule has 3 aromatic heterocycles. The van der Waals surface area contributed by atoms with Crippen LogP contribution in [0.25, 0.3) is 16.1 Å². The SMILES string of the molecule is COC(=O)c1ccc2c(c1)CCC[C@]2(O)c1ncc(-c2cc(C)cc(Nc3cc(C4=CC(C)CCC4)ccn3)n2)s1. The molecule has 0 saturated heterocycles. The van der Waals surface area contributed by atoms with Gasteiger partial charge >= 0.3 is 5.97 Å². The van der Waals surface area contributed by atoms with E-state index in [0.29, 0.717) is 28.7 Å². The molecule has 0 spiro atoms. The minimum atomic E-state index is -1.22. The first kappa shape index (κ1) is 27.3. The molecule has 1 aromatic carbocycles. The van der Waals surface area contributed by atoms with Crippen LogP contribution in [-0.4, -0.2) is 33.1 Å². The number of ether oxygens (including phenoxy) is 1. The molecular formula is C33H34N4O3S. The molecule has 41 heavy (non-hydrogen) atoms. The summed E-state index contributed by atoms with van der Waals surface area (Å²) in [5.74, 6) is 1.69. The third-order valence-electron chi connectivity index (χ3n) is 8.02. The Morgan fingerprint density at radius 1 is 1.10 bits per heavy atom. The van der Waals surface area contributed by atoms with E-state index in [0.717, 1.165) is 52.3 Å². The average Bonchev–Trinajstić information content (AvgIpc) is 3.48. The van der Waals surface area contributed by atoms with Crippen LogP contribution in [0.2, 0.25) is 0 Å². The van der Waals surface area contributed by atoms with Crippen molar-refractivity contribution in [2.45, 2.75) is 58.0 Å². The number of aliphatic hydroxyl groups is 1. The molecule has 4 aromatic rings. The van der Waals surface area contributed by atoms with Gasteiger partial charge < -0.3 is 15.2 Å². The Morgan fingerprint density at radius 3 is 2.80 bits per heavy atom. The fourth-order valence-corrected chi connectivity index (χ4v) is 6.99. The molecule has 6 rings (SSSR count). The largest absolute Gasteiger partial charge is 0.465 e. The van der Waals surface area contributed by atoms with Crippen molar-refractivity contribution in [2.75, 3.05) is 12.4 Å². The second kappa shape index (κ2) is 11.2. The molecule has 210 valence electrons. The fourth-order valence-electron chi connectivity index (χ4n) is 5.98. The third-order valence-corrected chi connectivity index (χ3v) is 9.19. The number of methoxy groups -OCH3 is 1. The molecule has 2 N–H and O–H groups in total. The van der Waals surface area contributed by atoms with Gasteiger partial charge in [-0.15, -0.1) is 11.3 Å². The van der Waals surface area contributed by atoms with Crippen LogP contribution in [0.5, 0.6) is 0 Å². The molecule has 3 heterocycles. The maximum Gasteiger partial charge on any atom is 0.337 e. The molecule has 2 atom stereocenters. The summed E-state index contributed by atoms with van der Waals surface area (Å²) >= 11 is 1.45. The average molecular weight is 567 g/mol. The van der Waals surface area contributed by atoms with Crippen molar-refractivity contribution in [3.8, 4) is 10.6 Å². The van der Waals surface area contributed by atoms with Crippen LogP contribution in [-0.2, 0) is 16.8 Å². The number of pyridine rings is 2. The molecule has 2 aliphatic carbocycles. The smallest absolute Gasteiger partial charge is 0.337 e. The summed E-state index contributed by atoms with van der Waals surface area (Å²) in [4.78, 5) is 27.0. The lowest BCUT2D eigenvalue weighted by molar-refractivity contribution is 0.0583. The molecule has 0 radical (unpaired) electrons. The van der Waals surface area contributed by atoms with Gasteiger partial charge in [-0.3, -0.25) is 0 Å². The number of hydrogen-bond acceptors (Lipinski definition) is 8. The topological polar surface area (TPSA) is 97.2 Å². The second-order valence-electron chi connectivity index (χ2n) is 11.1. The summed E-state index contributed by atoms with van der Waals surface area (Å²) < 4.78 is 4.88. The van der Waals surface area contributed by atoms with Crippen molar-refractivity contribution in [3.63, 3.8) is 0 Å². The van der Waals surface area contributed by atoms with E-state index in [-0.39, 0.29) is 5.97 Å². The molecule has 0 saturated carbocycles. The molecular weight excluding hydrogens is 532 g/mol. The number of aryl methyl sites for hydroxylation is 2. The van der Waals surface area contributed by atoms with Crippen molar-refractivity contribution in [3.05, 3.63) is 93.8 Å². The summed E-state index contributed by atoms with van der Waals surface area (Å²) in [6.45, 7) is 4.31. The lowest BCUT2D eigenvalue weighted by Crippen LogP contribution is -2.32. The summed E-state index contributed by atoms with van der Waals surface area (Å²) in [5, 5.41) is 15.9. The van der Waals surface area contributed by atoms with Crippen molar-refractivity contribution in [1.29, 1.82) is 0 Å². The summed E-state index contributed by atoms with van der Waals surface area (Å²) in [6.07, 6.45) is 11.7. The van der Waals surface area contributed by atoms with Crippen molar-refractivity contribution in [1.82, 2.24) is 15.0 Å². The minimum Gasteiger partial charge on any atom is -0.465 e. The summed E-state index contributed by atoms with van der Waals surface area (Å²) in [6, 6.07) is 13.6. The monoisotopic (exact) mass is 566 g/mol. The second-order valence-corrected chi connectivity index (χ2v) is 12.2. The highest BCUT2D eigenvalue weighted by atomic mass is 32.1. The molecule has 8 heteroatoms. The zero-order valence-electron chi connectivity index (χ0n) is 23.6. The predicted molar refractivity (Wildman–Crippen MR) is 162 cm³/mol. The molecule has 0 fully saturated rings. The van der Waals surface area contributed by atoms with Gasteiger partial charge in [0, 0.05) is 12.4 Å². The van der Waals surface area contributed by atoms with Crippen molar-refractivity contribution >= 4 is 34.5 Å². The molecule has 7 nitrogen and oxygen atoms in total. The number of fused-ring (bicyclic) bond motifs is 1. The van der Waals surface area contributed by atoms with E-state index in [2.05, 4.69) is 40.4 Å². The van der Waals surface area contributed by atoms with Gasteiger partial charge in [0.2, 0.25) is 0 Å². The van der Waals surface area contributed by atoms with E-state index in [1.807, 2.05) is 37.4 Å². The van der Waals surface area contributed by atoms with Crippen LogP contribution >= 0.6 is 11.3 Å². The van der Waals surface area contributed by atoms with Crippen LogP contribution in [0.4, 0.5) is 11.6 Å². The highest BCUT2D eigenvalue weighted by Crippen LogP contribution is 2.44. The summed E-state index contributed by atoms with van der Waals surface area (Å²) in [5.41, 5.74) is 5.45. The zero-order chi connectivity index (χ0) is 28.6. The number of aromatic nitrogens is 3. The number of nitrogens with zero attached hydrogens (tertiary/aromatic N) is 3. The number of anilines is 2. The highest BCUT2D eigenvalue weighted by Gasteiger charge is 2.39. The lowest BCUT2D eigenvalue weighted by atomic mass is 9.79. The Labute approximate surface area is 244 Å². The standard InChI is InChI=1S/C33H34N4O3S/c1-20-6-4-7-22(14-20)23-11-13-34-29(18-23)37-30-16-21(2)15-27(36-30)28-19-35-32(41-28)33(39)12-5-8-24-17-25(31(38)40-3)9-10-26(24)33/h9-11,13-20,39H,4-8,12H2,1-3H3,(H,34,36,37)/t20?,33-/m1/s1. The Bertz CT molecular complexity index is 1650. The van der Waals surface area contributed by atoms with Crippen LogP contribution in [0.1, 0.15) is 76.6 Å². The normalized spacial score (nSPS) is 20.2. The Hall–Kier alpha value is -3.88. The number of allylic oxidation sites excluding steroid dienone is 2. The van der Waals surface area contributed by atoms with Crippen molar-refractivity contribution < 1.29 is 14.6 Å². The third kappa shape index (κ3) is 5.54. The highest BCUT2D eigenvalue weighted by molar-refractivity contribution is 7.15. The quantitative estimate of drug-likeness (QED) is 0.238. The first-order valence-electron chi connectivity index (χ1n) is 14.2. The van der Waals surface area contributed by atoms with E-state index < -0.39 is 5.60 Å². The van der Waals surface area contributed by atoms with Gasteiger partial charge in [-0.05, 0) is 116 Å². The number of thiazole rings is 1. The van der Waals surface area contributed by atoms with Crippen molar-refractivity contribution in [2.24, 2.45) is 5.92 Å². The van der Waals surface area contributed by atoms with Gasteiger partial charge in [0.05, 0.1) is 23.2 Å². The molecule has 0 amide bonds. The number of carbonyl (C=O) groups is 1. The molecule has 2 aliphatic rings. The Balaban J connectivity index is 1.27. The zero-order valence-corrected chi connectivity index (χ0v) is 24.4. The van der Waals surface area contributed by atoms with E-state index in [4.69, 9.17) is 9.72 Å². The summed E-state index contributed by atoms with van der Waals surface area (Å²) in [7, 11) is 1.37. The van der Waals surface area contributed by atoms with Gasteiger partial charge in [-0.2, -0.15) is 0 Å². The number of hydrogen-bond donors (Lipinski definition) is 2. The maximum absolute atomic E-state index is 12.0. The van der Waals surface area contributed by atoms with Crippen LogP contribution in [0, 0.1) is 12.8 Å². The van der Waals surface area contributed by atoms with Gasteiger partial charge in [-0.1, -0.05) is 19.1 Å². The van der Waals surface area contributed by atoms with Crippen LogP contribution < -0.4 is 5.32 Å². The fraction of sp³-hybridized carbons (Fsp3) is 0.333.